The Hall–Kier alpha value is -1.32. The lowest BCUT2D eigenvalue weighted by Crippen LogP contribution is -2.47. The van der Waals surface area contributed by atoms with Crippen LogP contribution in [0.25, 0.3) is 0 Å². The maximum absolute atomic E-state index is 7.34. The fourth-order valence-corrected chi connectivity index (χ4v) is 73.0. The monoisotopic (exact) mass is 1390 g/mol. The van der Waals surface area contributed by atoms with Crippen LogP contribution in [-0.4, -0.2) is 132 Å². The fraction of sp³-hybridized carbons (Fsp3) is 0.667. The van der Waals surface area contributed by atoms with E-state index in [9.17, 15) is 0 Å². The van der Waals surface area contributed by atoms with Crippen LogP contribution in [0, 0.1) is 0 Å². The number of para-hydroxylation sites is 4. The molecule has 12 radical (unpaired) electrons. The molecular weight excluding hydrogens is 1270 g/mol. The first kappa shape index (κ1) is 77.4. The van der Waals surface area contributed by atoms with Crippen molar-refractivity contribution in [3.05, 3.63) is 117 Å². The average molecular weight is 1390 g/mol. The summed E-state index contributed by atoms with van der Waals surface area (Å²) >= 11 is 0. The van der Waals surface area contributed by atoms with E-state index in [1.165, 1.54) is 95.9 Å². The van der Waals surface area contributed by atoms with Gasteiger partial charge in [0.25, 0.3) is 0 Å². The zero-order valence-corrected chi connectivity index (χ0v) is 72.7. The first-order chi connectivity index (χ1) is 41.6. The Kier molecular flexibility index (Phi) is 31.6. The molecule has 484 valence electrons. The summed E-state index contributed by atoms with van der Waals surface area (Å²) in [5.74, 6) is 4.27. The van der Waals surface area contributed by atoms with Crippen LogP contribution in [0.3, 0.4) is 0 Å². The van der Waals surface area contributed by atoms with Crippen LogP contribution in [0.2, 0.25) is 174 Å². The first-order valence-electron chi connectivity index (χ1n) is 34.2. The number of fused-ring (bicyclic) bond motifs is 8. The molecule has 8 bridgehead atoms. The van der Waals surface area contributed by atoms with Crippen molar-refractivity contribution in [2.75, 3.05) is 26.4 Å². The minimum absolute atomic E-state index is 0.432. The summed E-state index contributed by atoms with van der Waals surface area (Å²) in [7, 11) is -5.18. The molecule has 0 fully saturated rings. The van der Waals surface area contributed by atoms with Crippen molar-refractivity contribution in [1.29, 1.82) is 0 Å². The fourth-order valence-electron chi connectivity index (χ4n) is 16.9. The summed E-state index contributed by atoms with van der Waals surface area (Å²) in [5, 5.41) is 0. The van der Waals surface area contributed by atoms with E-state index in [-0.39, 0.29) is 0 Å². The van der Waals surface area contributed by atoms with Gasteiger partial charge in [0, 0.05) is 131 Å². The van der Waals surface area contributed by atoms with Crippen LogP contribution in [-0.2, 0) is 25.7 Å². The van der Waals surface area contributed by atoms with Gasteiger partial charge < -0.3 is 18.9 Å². The summed E-state index contributed by atoms with van der Waals surface area (Å²) in [6.07, 6.45) is 17.7. The van der Waals surface area contributed by atoms with Crippen LogP contribution in [0.15, 0.2) is 72.8 Å². The molecule has 4 aromatic rings. The quantitative estimate of drug-likeness (QED) is 0.0296. The molecular formula is C72H124O4Si12. The van der Waals surface area contributed by atoms with Crippen LogP contribution < -0.4 is 18.9 Å². The zero-order chi connectivity index (χ0) is 65.3. The molecule has 0 aromatic heterocycles. The van der Waals surface area contributed by atoms with Gasteiger partial charge in [-0.05, 0) is 87.3 Å². The van der Waals surface area contributed by atoms with Gasteiger partial charge in [0.2, 0.25) is 0 Å². The Morgan fingerprint density at radius 2 is 0.364 bits per heavy atom. The second-order valence-electron chi connectivity index (χ2n) is 29.2. The number of rotatable bonds is 36. The van der Waals surface area contributed by atoms with Crippen molar-refractivity contribution in [1.82, 2.24) is 0 Å². The normalized spacial score (nSPS) is 13.9. The number of hydrogen-bond acceptors (Lipinski definition) is 4. The van der Waals surface area contributed by atoms with E-state index < -0.39 is 106 Å². The number of hydrogen-bond donors (Lipinski definition) is 0. The molecule has 0 saturated carbocycles. The second-order valence-corrected chi connectivity index (χ2v) is 69.4. The molecule has 16 heteroatoms. The highest BCUT2D eigenvalue weighted by Crippen LogP contribution is 2.47. The maximum atomic E-state index is 7.34. The molecule has 0 heterocycles. The lowest BCUT2D eigenvalue weighted by molar-refractivity contribution is 0.293. The first-order valence-corrected chi connectivity index (χ1v) is 64.2. The van der Waals surface area contributed by atoms with Gasteiger partial charge in [0.05, 0.1) is 26.4 Å². The number of unbranched alkanes of at least 4 members (excludes halogenated alkanes) is 4. The van der Waals surface area contributed by atoms with E-state index in [0.717, 1.165) is 101 Å². The molecule has 0 aliphatic heterocycles. The highest BCUT2D eigenvalue weighted by atomic mass is 28.4. The van der Waals surface area contributed by atoms with Gasteiger partial charge in [-0.15, -0.1) is 0 Å². The van der Waals surface area contributed by atoms with Crippen molar-refractivity contribution in [2.24, 2.45) is 0 Å². The SMILES string of the molecule is C[Si](C)C(CCCCOc1c2cccc1Cc1cccc(c1OCCCCC([Si](C)C)([Si](C)C)[Si](C)C)Cc1cccc(c1OCCCCC([Si](C)C)([Si](C)C)[Si](C)C)Cc1cccc(c1OCCCCC([Si](C)C)([Si](C)C)[Si](C)C)C2)([Si](C)C)[Si](C)C. The molecule has 4 aromatic carbocycles. The van der Waals surface area contributed by atoms with Crippen molar-refractivity contribution in [3.8, 4) is 23.0 Å². The Morgan fingerprint density at radius 1 is 0.227 bits per heavy atom. The molecule has 0 unspecified atom stereocenters. The van der Waals surface area contributed by atoms with E-state index in [1.807, 2.05) is 0 Å². The molecule has 0 saturated heterocycles. The summed E-state index contributed by atoms with van der Waals surface area (Å²) < 4.78 is 31.8. The van der Waals surface area contributed by atoms with Crippen molar-refractivity contribution < 1.29 is 18.9 Å². The summed E-state index contributed by atoms with van der Waals surface area (Å²) in [5.41, 5.74) is 10.0. The third-order valence-electron chi connectivity index (χ3n) is 21.2. The van der Waals surface area contributed by atoms with Crippen molar-refractivity contribution in [3.63, 3.8) is 0 Å². The van der Waals surface area contributed by atoms with Gasteiger partial charge in [0.15, 0.2) is 0 Å². The minimum atomic E-state index is -0.432. The Bertz CT molecular complexity index is 2190. The summed E-state index contributed by atoms with van der Waals surface area (Å²) in [6, 6.07) is 28.1. The topological polar surface area (TPSA) is 36.9 Å². The van der Waals surface area contributed by atoms with Crippen LogP contribution in [0.5, 0.6) is 23.0 Å². The molecule has 4 nitrogen and oxygen atoms in total. The van der Waals surface area contributed by atoms with E-state index in [2.05, 4.69) is 230 Å². The van der Waals surface area contributed by atoms with E-state index >= 15 is 0 Å². The average Bonchev–Trinajstić information content (AvgIpc) is 3.49. The number of benzene rings is 4. The van der Waals surface area contributed by atoms with Gasteiger partial charge in [-0.1, -0.05) is 281 Å². The molecule has 88 heavy (non-hydrogen) atoms. The maximum Gasteiger partial charge on any atom is 0.126 e. The molecule has 0 atom stereocenters. The Morgan fingerprint density at radius 3 is 0.489 bits per heavy atom. The lowest BCUT2D eigenvalue weighted by atomic mass is 9.91. The zero-order valence-electron chi connectivity index (χ0n) is 60.7. The molecule has 1 aliphatic carbocycles. The lowest BCUT2D eigenvalue weighted by Gasteiger charge is -2.43. The van der Waals surface area contributed by atoms with Gasteiger partial charge >= 0.3 is 0 Å². The molecule has 0 spiro atoms. The second kappa shape index (κ2) is 36.0. The van der Waals surface area contributed by atoms with Gasteiger partial charge in [-0.3, -0.25) is 0 Å². The van der Waals surface area contributed by atoms with Crippen LogP contribution in [0.1, 0.15) is 122 Å². The minimum Gasteiger partial charge on any atom is -0.493 e. The van der Waals surface area contributed by atoms with Gasteiger partial charge in [0.1, 0.15) is 23.0 Å². The highest BCUT2D eigenvalue weighted by molar-refractivity contribution is 6.99. The van der Waals surface area contributed by atoms with E-state index in [1.54, 1.807) is 0 Å². The smallest absolute Gasteiger partial charge is 0.126 e. The molecule has 5 rings (SSSR count). The molecule has 0 N–H and O–H groups in total. The third kappa shape index (κ3) is 18.6. The van der Waals surface area contributed by atoms with E-state index in [0.29, 0.717) is 17.1 Å². The largest absolute Gasteiger partial charge is 0.493 e. The highest BCUT2D eigenvalue weighted by Gasteiger charge is 2.45. The van der Waals surface area contributed by atoms with Crippen molar-refractivity contribution in [2.45, 2.75) is 277 Å². The summed E-state index contributed by atoms with van der Waals surface area (Å²) in [4.78, 5) is 0. The molecule has 0 amide bonds. The Balaban J connectivity index is 1.65. The van der Waals surface area contributed by atoms with Crippen LogP contribution >= 0.6 is 0 Å². The summed E-state index contributed by atoms with van der Waals surface area (Å²) in [6.45, 7) is 65.4. The van der Waals surface area contributed by atoms with Gasteiger partial charge in [-0.25, -0.2) is 0 Å². The predicted octanol–water partition coefficient (Wildman–Crippen LogP) is 20.9. The molecule has 1 aliphatic rings. The predicted molar refractivity (Wildman–Crippen MR) is 415 cm³/mol. The third-order valence-corrected chi connectivity index (χ3v) is 80.7. The van der Waals surface area contributed by atoms with E-state index in [4.69, 9.17) is 18.9 Å². The van der Waals surface area contributed by atoms with Gasteiger partial charge in [-0.2, -0.15) is 0 Å². The van der Waals surface area contributed by atoms with Crippen molar-refractivity contribution >= 4 is 106 Å². The standard InChI is InChI=1S/C72H124O4Si12/c1-77(2)69(78(3)4,79(5)6)45-25-29-49-73-65-57-37-33-38-58(65)54-60-40-35-42-62(67(60)75-51-31-27-47-71(83(13)14,84(15)16)85(17)18)56-64-44-36-43-63(68(64)76-52-32-28-48-72(86(19)20,87(21)22)88(23)24)55-61-41-34-39-59(53-57)66(61)74-50-30-26-46-70(80(7)8,81(9)10)82(11)12/h33-44H,25-32,45-56H2,1-24H3. The Labute approximate surface area is 563 Å². The van der Waals surface area contributed by atoms with Crippen LogP contribution in [0.4, 0.5) is 0 Å². The number of ether oxygens (including phenoxy) is 4.